The predicted octanol–water partition coefficient (Wildman–Crippen LogP) is -12.0. The number of carboxylic acid groups (broad SMARTS) is 4. The molecule has 12 nitrogen and oxygen atoms in total. The van der Waals surface area contributed by atoms with Gasteiger partial charge >= 0.3 is 71.1 Å². The Labute approximate surface area is 181 Å². The molecule has 6 N–H and O–H groups in total. The number of nitrogens with zero attached hydrogens (tertiary/aromatic N) is 2. The Hall–Kier alpha value is -0.280. The van der Waals surface area contributed by atoms with Crippen LogP contribution >= 0.6 is 0 Å². The summed E-state index contributed by atoms with van der Waals surface area (Å²) in [6, 6.07) is 0. The van der Waals surface area contributed by atoms with Crippen molar-refractivity contribution in [3.63, 3.8) is 0 Å². The van der Waals surface area contributed by atoms with E-state index in [1.807, 2.05) is 0 Å². The van der Waals surface area contributed by atoms with Crippen molar-refractivity contribution in [1.29, 1.82) is 0 Å². The van der Waals surface area contributed by atoms with E-state index >= 15 is 0 Å². The first kappa shape index (κ1) is 34.9. The number of hydrogen-bond donors (Lipinski definition) is 2. The molecule has 0 aromatic heterocycles. The summed E-state index contributed by atoms with van der Waals surface area (Å²) in [6.45, 7) is -1.69. The van der Waals surface area contributed by atoms with Gasteiger partial charge in [0.15, 0.2) is 0 Å². The summed E-state index contributed by atoms with van der Waals surface area (Å²) in [7, 11) is 0. The van der Waals surface area contributed by atoms with Crippen molar-refractivity contribution >= 4 is 23.9 Å². The van der Waals surface area contributed by atoms with Gasteiger partial charge in [-0.05, 0) is 6.92 Å². The van der Waals surface area contributed by atoms with Gasteiger partial charge in [-0.15, -0.1) is 0 Å². The van der Waals surface area contributed by atoms with Crippen LogP contribution in [0.1, 0.15) is 6.92 Å². The summed E-state index contributed by atoms with van der Waals surface area (Å²) in [4.78, 5) is 44.1. The van der Waals surface area contributed by atoms with Gasteiger partial charge in [0, 0.05) is 13.1 Å². The number of rotatable bonds is 10. The monoisotopic (exact) mass is 372 g/mol. The molecule has 0 radical (unpaired) electrons. The maximum atomic E-state index is 10.7. The number of carbonyl (C=O) groups is 4. The van der Waals surface area contributed by atoms with Crippen LogP contribution in [0.4, 0.5) is 0 Å². The summed E-state index contributed by atoms with van der Waals surface area (Å²) < 4.78 is 0. The summed E-state index contributed by atoms with van der Waals surface area (Å²) in [5.41, 5.74) is 0. The van der Waals surface area contributed by atoms with Crippen LogP contribution in [0.5, 0.6) is 0 Å². The van der Waals surface area contributed by atoms with Crippen molar-refractivity contribution in [2.45, 2.75) is 13.1 Å². The van der Waals surface area contributed by atoms with E-state index in [0.29, 0.717) is 0 Å². The zero-order valence-corrected chi connectivity index (χ0v) is 17.6. The topological polar surface area (TPSA) is 224 Å². The second kappa shape index (κ2) is 17.5. The fourth-order valence-corrected chi connectivity index (χ4v) is 1.55. The fourth-order valence-electron chi connectivity index (χ4n) is 1.55. The summed E-state index contributed by atoms with van der Waals surface area (Å²) in [5, 5.41) is 38.5. The SMILES string of the molecule is CC(N(CC(=O)[O-])CC(=O)[O-])N(CC(=O)O)CC(=O)O.O.O.[Na+].[Na+]. The van der Waals surface area contributed by atoms with Crippen LogP contribution in [0.3, 0.4) is 0 Å². The molecule has 130 valence electrons. The molecule has 14 heteroatoms. The van der Waals surface area contributed by atoms with Gasteiger partial charge < -0.3 is 41.0 Å². The molecule has 0 fully saturated rings. The van der Waals surface area contributed by atoms with Crippen LogP contribution in [0.2, 0.25) is 0 Å². The number of carbonyl (C=O) groups excluding carboxylic acids is 2. The molecular weight excluding hydrogens is 354 g/mol. The van der Waals surface area contributed by atoms with E-state index in [0.717, 1.165) is 9.80 Å². The van der Waals surface area contributed by atoms with Gasteiger partial charge in [-0.2, -0.15) is 0 Å². The summed E-state index contributed by atoms with van der Waals surface area (Å²) >= 11 is 0. The predicted molar refractivity (Wildman–Crippen MR) is 65.1 cm³/mol. The molecule has 0 aromatic rings. The molecule has 0 aromatic carbocycles. The molecule has 0 aliphatic rings. The van der Waals surface area contributed by atoms with E-state index in [1.165, 1.54) is 6.92 Å². The van der Waals surface area contributed by atoms with Crippen LogP contribution < -0.4 is 69.3 Å². The number of aliphatic carboxylic acids is 4. The standard InChI is InChI=1S/C10H16N2O8.2Na.2H2O/c1-6(11(2-7(13)14)3-8(15)16)12(4-9(17)18)5-10(19)20;;;;/h6H,2-5H2,1H3,(H,13,14)(H,15,16)(H,17,18)(H,19,20);;;2*1H2/q;2*+1;;/p-2. The van der Waals surface area contributed by atoms with E-state index in [-0.39, 0.29) is 70.1 Å². The van der Waals surface area contributed by atoms with Gasteiger partial charge in [0.2, 0.25) is 0 Å². The van der Waals surface area contributed by atoms with Crippen molar-refractivity contribution in [1.82, 2.24) is 9.80 Å². The van der Waals surface area contributed by atoms with Gasteiger partial charge in [0.1, 0.15) is 0 Å². The van der Waals surface area contributed by atoms with Crippen LogP contribution in [-0.4, -0.2) is 87.2 Å². The minimum Gasteiger partial charge on any atom is -0.549 e. The molecule has 0 aliphatic carbocycles. The second-order valence-electron chi connectivity index (χ2n) is 3.97. The van der Waals surface area contributed by atoms with Crippen LogP contribution in [0.25, 0.3) is 0 Å². The third kappa shape index (κ3) is 16.6. The molecule has 0 spiro atoms. The Kier molecular flexibility index (Phi) is 25.5. The number of carboxylic acids is 4. The van der Waals surface area contributed by atoms with Crippen molar-refractivity contribution in [3.05, 3.63) is 0 Å². The zero-order chi connectivity index (χ0) is 15.9. The normalized spacial score (nSPS) is 10.3. The molecule has 0 bridgehead atoms. The van der Waals surface area contributed by atoms with E-state index in [4.69, 9.17) is 10.2 Å². The molecule has 0 saturated carbocycles. The quantitative estimate of drug-likeness (QED) is 0.272. The third-order valence-corrected chi connectivity index (χ3v) is 2.40. The zero-order valence-electron chi connectivity index (χ0n) is 13.6. The van der Waals surface area contributed by atoms with Gasteiger partial charge in [-0.1, -0.05) is 0 Å². The largest absolute Gasteiger partial charge is 1.00 e. The Morgan fingerprint density at radius 1 is 0.792 bits per heavy atom. The molecule has 1 unspecified atom stereocenters. The minimum atomic E-state index is -1.58. The Bertz CT molecular complexity index is 341. The van der Waals surface area contributed by atoms with Crippen molar-refractivity contribution in [2.24, 2.45) is 0 Å². The average Bonchev–Trinajstić information content (AvgIpc) is 2.23. The molecule has 24 heavy (non-hydrogen) atoms. The summed E-state index contributed by atoms with van der Waals surface area (Å²) in [6.07, 6.45) is -1.06. The number of hydrogen-bond acceptors (Lipinski definition) is 8. The summed E-state index contributed by atoms with van der Waals surface area (Å²) in [5.74, 6) is -5.83. The third-order valence-electron chi connectivity index (χ3n) is 2.40. The molecule has 0 amide bonds. The maximum Gasteiger partial charge on any atom is 1.00 e. The Morgan fingerprint density at radius 3 is 1.25 bits per heavy atom. The molecule has 1 atom stereocenters. The fraction of sp³-hybridized carbons (Fsp3) is 0.600. The van der Waals surface area contributed by atoms with Gasteiger partial charge in [0.25, 0.3) is 0 Å². The second-order valence-corrected chi connectivity index (χ2v) is 3.97. The van der Waals surface area contributed by atoms with Crippen molar-refractivity contribution in [2.75, 3.05) is 26.2 Å². The van der Waals surface area contributed by atoms with Gasteiger partial charge in [-0.25, -0.2) is 0 Å². The molecule has 0 saturated heterocycles. The van der Waals surface area contributed by atoms with E-state index < -0.39 is 56.2 Å². The van der Waals surface area contributed by atoms with Crippen molar-refractivity contribution in [3.8, 4) is 0 Å². The minimum absolute atomic E-state index is 0. The first-order chi connectivity index (χ1) is 9.13. The first-order valence-electron chi connectivity index (χ1n) is 5.44. The van der Waals surface area contributed by atoms with Crippen molar-refractivity contribution < 1.29 is 110 Å². The molecule has 0 rings (SSSR count). The maximum absolute atomic E-state index is 10.7. The molecule has 0 aliphatic heterocycles. The molecular formula is C10H18N2Na2O10. The Morgan fingerprint density at radius 2 is 1.04 bits per heavy atom. The smallest absolute Gasteiger partial charge is 0.549 e. The van der Waals surface area contributed by atoms with Crippen LogP contribution in [0, 0.1) is 0 Å². The average molecular weight is 372 g/mol. The van der Waals surface area contributed by atoms with Crippen LogP contribution in [-0.2, 0) is 19.2 Å². The van der Waals surface area contributed by atoms with E-state index in [1.54, 1.807) is 0 Å². The Balaban J connectivity index is -0.000000301. The van der Waals surface area contributed by atoms with E-state index in [2.05, 4.69) is 0 Å². The van der Waals surface area contributed by atoms with E-state index in [9.17, 15) is 29.4 Å². The first-order valence-corrected chi connectivity index (χ1v) is 5.44. The van der Waals surface area contributed by atoms with Gasteiger partial charge in [0.05, 0.1) is 31.2 Å². The van der Waals surface area contributed by atoms with Gasteiger partial charge in [-0.3, -0.25) is 19.4 Å². The van der Waals surface area contributed by atoms with Crippen LogP contribution in [0.15, 0.2) is 0 Å². The molecule has 0 heterocycles.